The van der Waals surface area contributed by atoms with Gasteiger partial charge in [0.25, 0.3) is 0 Å². The van der Waals surface area contributed by atoms with Crippen molar-refractivity contribution in [3.63, 3.8) is 0 Å². The van der Waals surface area contributed by atoms with Gasteiger partial charge in [-0.15, -0.1) is 0 Å². The Morgan fingerprint density at radius 2 is 1.70 bits per heavy atom. The van der Waals surface area contributed by atoms with Crippen molar-refractivity contribution in [2.45, 2.75) is 31.6 Å². The Hall–Kier alpha value is -1.31. The smallest absolute Gasteiger partial charge is 0.246 e. The van der Waals surface area contributed by atoms with Gasteiger partial charge in [-0.05, 0) is 55.8 Å². The average molecular weight is 397 g/mol. The molecule has 2 aliphatic rings. The van der Waals surface area contributed by atoms with E-state index in [9.17, 15) is 8.42 Å². The van der Waals surface area contributed by atoms with Crippen LogP contribution in [0.2, 0.25) is 0 Å². The van der Waals surface area contributed by atoms with Crippen LogP contribution in [0.1, 0.15) is 26.7 Å². The second-order valence-electron chi connectivity index (χ2n) is 8.13. The molecule has 3 rings (SSSR count). The number of likely N-dealkylation sites (tertiary alicyclic amines) is 1. The van der Waals surface area contributed by atoms with E-state index in [0.717, 1.165) is 32.5 Å². The first kappa shape index (κ1) is 20.4. The zero-order valence-corrected chi connectivity index (χ0v) is 17.7. The van der Waals surface area contributed by atoms with Gasteiger partial charge in [-0.3, -0.25) is 0 Å². The highest BCUT2D eigenvalue weighted by Gasteiger charge is 2.41. The first-order chi connectivity index (χ1) is 12.8. The molecule has 0 saturated carbocycles. The standard InChI is InChI=1S/C20H32N2O4S/c1-15(2)12-21-9-7-16-13-22(14-17(16)8-10-21)27(23,24)20-11-18(25-3)5-6-19(20)26-4/h5-6,11,15-17H,7-10,12-14H2,1-4H3/t16-,17+. The van der Waals surface area contributed by atoms with Crippen LogP contribution in [0.15, 0.2) is 23.1 Å². The molecule has 1 aromatic carbocycles. The number of ether oxygens (including phenoxy) is 2. The van der Waals surface area contributed by atoms with Gasteiger partial charge in [0.2, 0.25) is 10.0 Å². The molecule has 0 aromatic heterocycles. The molecule has 152 valence electrons. The van der Waals surface area contributed by atoms with E-state index >= 15 is 0 Å². The molecule has 0 radical (unpaired) electrons. The van der Waals surface area contributed by atoms with Crippen LogP contribution in [0.4, 0.5) is 0 Å². The predicted octanol–water partition coefficient (Wildman–Crippen LogP) is 2.69. The highest BCUT2D eigenvalue weighted by atomic mass is 32.2. The Bertz CT molecular complexity index is 734. The van der Waals surface area contributed by atoms with Gasteiger partial charge in [0, 0.05) is 25.7 Å². The van der Waals surface area contributed by atoms with Crippen molar-refractivity contribution < 1.29 is 17.9 Å². The largest absolute Gasteiger partial charge is 0.497 e. The summed E-state index contributed by atoms with van der Waals surface area (Å²) in [6, 6.07) is 4.94. The van der Waals surface area contributed by atoms with Crippen LogP contribution >= 0.6 is 0 Å². The number of rotatable bonds is 6. The lowest BCUT2D eigenvalue weighted by Crippen LogP contribution is -2.32. The number of nitrogens with zero attached hydrogens (tertiary/aromatic N) is 2. The number of hydrogen-bond donors (Lipinski definition) is 0. The molecule has 0 spiro atoms. The molecule has 0 bridgehead atoms. The summed E-state index contributed by atoms with van der Waals surface area (Å²) in [5.41, 5.74) is 0. The van der Waals surface area contributed by atoms with Crippen LogP contribution in [0.3, 0.4) is 0 Å². The zero-order chi connectivity index (χ0) is 19.6. The van der Waals surface area contributed by atoms with Gasteiger partial charge in [0.1, 0.15) is 16.4 Å². The van der Waals surface area contributed by atoms with Gasteiger partial charge in [0.05, 0.1) is 14.2 Å². The van der Waals surface area contributed by atoms with Gasteiger partial charge >= 0.3 is 0 Å². The summed E-state index contributed by atoms with van der Waals surface area (Å²) >= 11 is 0. The summed E-state index contributed by atoms with van der Waals surface area (Å²) in [5.74, 6) is 2.43. The second kappa shape index (κ2) is 8.37. The lowest BCUT2D eigenvalue weighted by atomic mass is 9.92. The Kier molecular flexibility index (Phi) is 6.33. The molecular weight excluding hydrogens is 364 g/mol. The SMILES string of the molecule is COc1ccc(OC)c(S(=O)(=O)N2C[C@H]3CCN(CC(C)C)CC[C@H]3C2)c1. The Morgan fingerprint density at radius 3 is 2.22 bits per heavy atom. The highest BCUT2D eigenvalue weighted by molar-refractivity contribution is 7.89. The van der Waals surface area contributed by atoms with Crippen molar-refractivity contribution in [2.24, 2.45) is 17.8 Å². The molecule has 2 fully saturated rings. The van der Waals surface area contributed by atoms with Gasteiger partial charge in [-0.2, -0.15) is 4.31 Å². The molecule has 0 N–H and O–H groups in total. The van der Waals surface area contributed by atoms with Crippen molar-refractivity contribution in [2.75, 3.05) is 46.9 Å². The summed E-state index contributed by atoms with van der Waals surface area (Å²) in [4.78, 5) is 2.73. The van der Waals surface area contributed by atoms with E-state index in [0.29, 0.717) is 42.3 Å². The number of methoxy groups -OCH3 is 2. The zero-order valence-electron chi connectivity index (χ0n) is 16.8. The van der Waals surface area contributed by atoms with E-state index in [4.69, 9.17) is 9.47 Å². The number of benzene rings is 1. The molecule has 27 heavy (non-hydrogen) atoms. The molecule has 6 nitrogen and oxygen atoms in total. The summed E-state index contributed by atoms with van der Waals surface area (Å²) in [7, 11) is -0.567. The van der Waals surface area contributed by atoms with Crippen LogP contribution < -0.4 is 9.47 Å². The van der Waals surface area contributed by atoms with E-state index in [-0.39, 0.29) is 4.90 Å². The maximum Gasteiger partial charge on any atom is 0.246 e. The summed E-state index contributed by atoms with van der Waals surface area (Å²) in [5, 5.41) is 0. The Balaban J connectivity index is 1.76. The Morgan fingerprint density at radius 1 is 1.07 bits per heavy atom. The van der Waals surface area contributed by atoms with Crippen LogP contribution in [0.5, 0.6) is 11.5 Å². The molecule has 0 unspecified atom stereocenters. The van der Waals surface area contributed by atoms with Crippen molar-refractivity contribution >= 4 is 10.0 Å². The minimum atomic E-state index is -3.60. The quantitative estimate of drug-likeness (QED) is 0.740. The summed E-state index contributed by atoms with van der Waals surface area (Å²) in [6.45, 7) is 8.96. The van der Waals surface area contributed by atoms with Crippen molar-refractivity contribution in [3.8, 4) is 11.5 Å². The van der Waals surface area contributed by atoms with Gasteiger partial charge in [-0.1, -0.05) is 13.8 Å². The van der Waals surface area contributed by atoms with Crippen molar-refractivity contribution in [3.05, 3.63) is 18.2 Å². The topological polar surface area (TPSA) is 59.1 Å². The third-order valence-electron chi connectivity index (χ3n) is 5.79. The lowest BCUT2D eigenvalue weighted by Gasteiger charge is -2.23. The van der Waals surface area contributed by atoms with E-state index in [1.165, 1.54) is 14.2 Å². The summed E-state index contributed by atoms with van der Waals surface area (Å²) in [6.07, 6.45) is 2.14. The maximum absolute atomic E-state index is 13.3. The molecule has 2 atom stereocenters. The molecule has 2 aliphatic heterocycles. The third kappa shape index (κ3) is 4.41. The van der Waals surface area contributed by atoms with E-state index in [1.54, 1.807) is 22.5 Å². The fourth-order valence-electron chi connectivity index (χ4n) is 4.38. The van der Waals surface area contributed by atoms with Crippen LogP contribution in [-0.2, 0) is 10.0 Å². The molecule has 1 aromatic rings. The van der Waals surface area contributed by atoms with Crippen LogP contribution in [0, 0.1) is 17.8 Å². The first-order valence-corrected chi connectivity index (χ1v) is 11.2. The number of sulfonamides is 1. The Labute approximate surface area is 163 Å². The van der Waals surface area contributed by atoms with Gasteiger partial charge in [0.15, 0.2) is 0 Å². The molecule has 2 saturated heterocycles. The molecule has 7 heteroatoms. The van der Waals surface area contributed by atoms with E-state index in [2.05, 4.69) is 18.7 Å². The van der Waals surface area contributed by atoms with E-state index in [1.807, 2.05) is 0 Å². The minimum absolute atomic E-state index is 0.197. The molecule has 0 aliphatic carbocycles. The van der Waals surface area contributed by atoms with Gasteiger partial charge < -0.3 is 14.4 Å². The minimum Gasteiger partial charge on any atom is -0.497 e. The van der Waals surface area contributed by atoms with Crippen molar-refractivity contribution in [1.29, 1.82) is 0 Å². The van der Waals surface area contributed by atoms with Crippen LogP contribution in [0.25, 0.3) is 0 Å². The fraction of sp³-hybridized carbons (Fsp3) is 0.700. The van der Waals surface area contributed by atoms with Crippen LogP contribution in [-0.4, -0.2) is 64.6 Å². The summed E-state index contributed by atoms with van der Waals surface area (Å²) < 4.78 is 38.8. The third-order valence-corrected chi connectivity index (χ3v) is 7.64. The predicted molar refractivity (Wildman–Crippen MR) is 106 cm³/mol. The molecule has 2 heterocycles. The molecule has 0 amide bonds. The average Bonchev–Trinajstić information content (AvgIpc) is 2.98. The monoisotopic (exact) mass is 396 g/mol. The second-order valence-corrected chi connectivity index (χ2v) is 10.0. The fourth-order valence-corrected chi connectivity index (χ4v) is 6.10. The normalized spacial score (nSPS) is 24.6. The number of fused-ring (bicyclic) bond motifs is 1. The number of hydrogen-bond acceptors (Lipinski definition) is 5. The van der Waals surface area contributed by atoms with Crippen molar-refractivity contribution in [1.82, 2.24) is 9.21 Å². The molecular formula is C20H32N2O4S. The first-order valence-electron chi connectivity index (χ1n) is 9.79. The lowest BCUT2D eigenvalue weighted by molar-refractivity contribution is 0.245. The highest BCUT2D eigenvalue weighted by Crippen LogP contribution is 2.37. The van der Waals surface area contributed by atoms with E-state index < -0.39 is 10.0 Å². The van der Waals surface area contributed by atoms with Gasteiger partial charge in [-0.25, -0.2) is 8.42 Å². The maximum atomic E-state index is 13.3.